The van der Waals surface area contributed by atoms with Crippen LogP contribution >= 0.6 is 11.3 Å². The van der Waals surface area contributed by atoms with E-state index in [0.717, 1.165) is 12.1 Å². The number of nitrogen functional groups attached to an aromatic ring is 1. The SMILES string of the molecule is COC(=O)[C@@H]1C[C@H]1c1csc(N)n1. The van der Waals surface area contributed by atoms with Gasteiger partial charge in [0.25, 0.3) is 0 Å². The lowest BCUT2D eigenvalue weighted by Gasteiger charge is -1.94. The summed E-state index contributed by atoms with van der Waals surface area (Å²) in [6, 6.07) is 0. The van der Waals surface area contributed by atoms with Crippen LogP contribution in [0.15, 0.2) is 5.38 Å². The minimum Gasteiger partial charge on any atom is -0.469 e. The average molecular weight is 198 g/mol. The van der Waals surface area contributed by atoms with Gasteiger partial charge in [0.2, 0.25) is 0 Å². The summed E-state index contributed by atoms with van der Waals surface area (Å²) in [7, 11) is 1.41. The third-order valence-corrected chi connectivity index (χ3v) is 2.91. The van der Waals surface area contributed by atoms with Crippen LogP contribution in [0.25, 0.3) is 0 Å². The molecule has 1 aliphatic rings. The highest BCUT2D eigenvalue weighted by Gasteiger charge is 2.46. The molecule has 2 N–H and O–H groups in total. The van der Waals surface area contributed by atoms with Crippen molar-refractivity contribution in [1.29, 1.82) is 0 Å². The molecule has 0 bridgehead atoms. The van der Waals surface area contributed by atoms with Crippen LogP contribution in [-0.2, 0) is 9.53 Å². The molecule has 1 fully saturated rings. The van der Waals surface area contributed by atoms with Crippen LogP contribution < -0.4 is 5.73 Å². The fourth-order valence-corrected chi connectivity index (χ4v) is 2.03. The summed E-state index contributed by atoms with van der Waals surface area (Å²) in [5.41, 5.74) is 6.42. The minimum atomic E-state index is -0.142. The van der Waals surface area contributed by atoms with E-state index in [2.05, 4.69) is 9.72 Å². The average Bonchev–Trinajstić information content (AvgIpc) is 2.82. The van der Waals surface area contributed by atoms with Crippen LogP contribution in [0.5, 0.6) is 0 Å². The van der Waals surface area contributed by atoms with E-state index in [1.54, 1.807) is 0 Å². The number of thiazole rings is 1. The van der Waals surface area contributed by atoms with Gasteiger partial charge in [-0.3, -0.25) is 4.79 Å². The number of hydrogen-bond acceptors (Lipinski definition) is 5. The van der Waals surface area contributed by atoms with Crippen molar-refractivity contribution in [2.24, 2.45) is 5.92 Å². The summed E-state index contributed by atoms with van der Waals surface area (Å²) in [6.45, 7) is 0. The molecule has 0 radical (unpaired) electrons. The van der Waals surface area contributed by atoms with E-state index in [9.17, 15) is 4.79 Å². The molecule has 1 heterocycles. The lowest BCUT2D eigenvalue weighted by atomic mass is 10.2. The van der Waals surface area contributed by atoms with Gasteiger partial charge in [-0.25, -0.2) is 4.98 Å². The fraction of sp³-hybridized carbons (Fsp3) is 0.500. The van der Waals surface area contributed by atoms with Crippen LogP contribution in [0.4, 0.5) is 5.13 Å². The summed E-state index contributed by atoms with van der Waals surface area (Å²) in [6.07, 6.45) is 0.843. The van der Waals surface area contributed by atoms with Gasteiger partial charge in [0.15, 0.2) is 5.13 Å². The molecule has 0 spiro atoms. The molecule has 0 saturated heterocycles. The first-order valence-corrected chi connectivity index (χ1v) is 4.89. The van der Waals surface area contributed by atoms with Gasteiger partial charge < -0.3 is 10.5 Å². The van der Waals surface area contributed by atoms with E-state index in [-0.39, 0.29) is 17.8 Å². The lowest BCUT2D eigenvalue weighted by molar-refractivity contribution is -0.142. The van der Waals surface area contributed by atoms with Crippen LogP contribution in [0, 0.1) is 5.92 Å². The first kappa shape index (κ1) is 8.50. The smallest absolute Gasteiger partial charge is 0.309 e. The molecule has 1 aromatic heterocycles. The minimum absolute atomic E-state index is 0.00602. The topological polar surface area (TPSA) is 65.2 Å². The maximum atomic E-state index is 11.1. The highest BCUT2D eigenvalue weighted by atomic mass is 32.1. The van der Waals surface area contributed by atoms with Crippen molar-refractivity contribution in [2.75, 3.05) is 12.8 Å². The molecule has 1 aromatic rings. The number of methoxy groups -OCH3 is 1. The molecule has 2 atom stereocenters. The quantitative estimate of drug-likeness (QED) is 0.720. The number of esters is 1. The first-order chi connectivity index (χ1) is 6.22. The van der Waals surface area contributed by atoms with Gasteiger partial charge in [-0.05, 0) is 6.42 Å². The molecule has 5 heteroatoms. The lowest BCUT2D eigenvalue weighted by Crippen LogP contribution is -2.03. The highest BCUT2D eigenvalue weighted by molar-refractivity contribution is 7.13. The normalized spacial score (nSPS) is 25.6. The number of aromatic nitrogens is 1. The Hall–Kier alpha value is -1.10. The molecule has 0 aromatic carbocycles. The number of nitrogens with two attached hydrogens (primary N) is 1. The molecule has 1 aliphatic carbocycles. The molecule has 70 valence electrons. The Bertz CT molecular complexity index is 337. The van der Waals surface area contributed by atoms with Gasteiger partial charge in [-0.15, -0.1) is 11.3 Å². The molecule has 0 unspecified atom stereocenters. The molecule has 0 amide bonds. The highest BCUT2D eigenvalue weighted by Crippen LogP contribution is 2.48. The summed E-state index contributed by atoms with van der Waals surface area (Å²) >= 11 is 1.41. The zero-order valence-corrected chi connectivity index (χ0v) is 8.00. The Labute approximate surface area is 79.7 Å². The molecular weight excluding hydrogens is 188 g/mol. The van der Waals surface area contributed by atoms with Crippen molar-refractivity contribution >= 4 is 22.4 Å². The summed E-state index contributed by atoms with van der Waals surface area (Å²) < 4.78 is 4.64. The number of hydrogen-bond donors (Lipinski definition) is 1. The number of ether oxygens (including phenoxy) is 1. The predicted molar refractivity (Wildman–Crippen MR) is 49.4 cm³/mol. The van der Waals surface area contributed by atoms with E-state index in [1.165, 1.54) is 18.4 Å². The number of carbonyl (C=O) groups excluding carboxylic acids is 1. The van der Waals surface area contributed by atoms with Crippen molar-refractivity contribution in [3.05, 3.63) is 11.1 Å². The number of rotatable bonds is 2. The van der Waals surface area contributed by atoms with E-state index in [0.29, 0.717) is 5.13 Å². The summed E-state index contributed by atoms with van der Waals surface area (Å²) in [4.78, 5) is 15.2. The van der Waals surface area contributed by atoms with E-state index < -0.39 is 0 Å². The third kappa shape index (κ3) is 1.51. The summed E-state index contributed by atoms with van der Waals surface area (Å²) in [5.74, 6) is 0.101. The standard InChI is InChI=1S/C8H10N2O2S/c1-12-7(11)5-2-4(5)6-3-13-8(9)10-6/h3-5H,2H2,1H3,(H2,9,10)/t4-,5-/m1/s1. The second-order valence-electron chi connectivity index (χ2n) is 3.08. The van der Waals surface area contributed by atoms with Gasteiger partial charge in [0.1, 0.15) is 0 Å². The Kier molecular flexibility index (Phi) is 1.95. The van der Waals surface area contributed by atoms with Crippen LogP contribution in [0.1, 0.15) is 18.0 Å². The van der Waals surface area contributed by atoms with Crippen molar-refractivity contribution in [3.63, 3.8) is 0 Å². The zero-order valence-electron chi connectivity index (χ0n) is 7.19. The Morgan fingerprint density at radius 2 is 2.62 bits per heavy atom. The van der Waals surface area contributed by atoms with Crippen LogP contribution in [0.2, 0.25) is 0 Å². The number of anilines is 1. The monoisotopic (exact) mass is 198 g/mol. The van der Waals surface area contributed by atoms with E-state index in [1.807, 2.05) is 5.38 Å². The second-order valence-corrected chi connectivity index (χ2v) is 3.97. The maximum absolute atomic E-state index is 11.1. The Morgan fingerprint density at radius 3 is 3.15 bits per heavy atom. The van der Waals surface area contributed by atoms with Crippen molar-refractivity contribution in [2.45, 2.75) is 12.3 Å². The predicted octanol–water partition coefficient (Wildman–Crippen LogP) is 1.00. The summed E-state index contributed by atoms with van der Waals surface area (Å²) in [5, 5.41) is 2.47. The molecule has 1 saturated carbocycles. The van der Waals surface area contributed by atoms with Crippen molar-refractivity contribution < 1.29 is 9.53 Å². The van der Waals surface area contributed by atoms with Gasteiger partial charge in [0, 0.05) is 11.3 Å². The molecule has 13 heavy (non-hydrogen) atoms. The van der Waals surface area contributed by atoms with Gasteiger partial charge in [-0.1, -0.05) is 0 Å². The van der Waals surface area contributed by atoms with E-state index >= 15 is 0 Å². The largest absolute Gasteiger partial charge is 0.469 e. The second kappa shape index (κ2) is 2.99. The van der Waals surface area contributed by atoms with E-state index in [4.69, 9.17) is 5.73 Å². The fourth-order valence-electron chi connectivity index (χ4n) is 1.40. The van der Waals surface area contributed by atoms with Crippen molar-refractivity contribution in [1.82, 2.24) is 4.98 Å². The first-order valence-electron chi connectivity index (χ1n) is 4.01. The Morgan fingerprint density at radius 1 is 1.85 bits per heavy atom. The van der Waals surface area contributed by atoms with Gasteiger partial charge in [-0.2, -0.15) is 0 Å². The number of carbonyl (C=O) groups is 1. The third-order valence-electron chi connectivity index (χ3n) is 2.21. The van der Waals surface area contributed by atoms with Gasteiger partial charge in [0.05, 0.1) is 18.7 Å². The number of nitrogens with zero attached hydrogens (tertiary/aromatic N) is 1. The Balaban J connectivity index is 2.04. The molecule has 0 aliphatic heterocycles. The molecular formula is C8H10N2O2S. The van der Waals surface area contributed by atoms with Crippen LogP contribution in [0.3, 0.4) is 0 Å². The maximum Gasteiger partial charge on any atom is 0.309 e. The molecule has 4 nitrogen and oxygen atoms in total. The van der Waals surface area contributed by atoms with Crippen LogP contribution in [-0.4, -0.2) is 18.1 Å². The van der Waals surface area contributed by atoms with Crippen molar-refractivity contribution in [3.8, 4) is 0 Å². The molecule has 2 rings (SSSR count). The zero-order chi connectivity index (χ0) is 9.42. The van der Waals surface area contributed by atoms with Gasteiger partial charge >= 0.3 is 5.97 Å².